The molecular formula is C11H17N5O4. The van der Waals surface area contributed by atoms with Gasteiger partial charge in [-0.1, -0.05) is 0 Å². The van der Waals surface area contributed by atoms with Gasteiger partial charge in [-0.2, -0.15) is 5.10 Å². The Morgan fingerprint density at radius 1 is 1.65 bits per heavy atom. The molecular weight excluding hydrogens is 266 g/mol. The molecule has 0 saturated carbocycles. The summed E-state index contributed by atoms with van der Waals surface area (Å²) in [4.78, 5) is 26.9. The van der Waals surface area contributed by atoms with Crippen molar-refractivity contribution in [1.82, 2.24) is 25.4 Å². The van der Waals surface area contributed by atoms with Gasteiger partial charge < -0.3 is 20.5 Å². The number of aromatic nitrogens is 3. The largest absolute Gasteiger partial charge is 0.481 e. The zero-order valence-electron chi connectivity index (χ0n) is 11.3. The van der Waals surface area contributed by atoms with Gasteiger partial charge in [0, 0.05) is 7.05 Å². The van der Waals surface area contributed by atoms with Crippen LogP contribution in [0, 0.1) is 5.41 Å². The van der Waals surface area contributed by atoms with E-state index in [2.05, 4.69) is 20.7 Å². The molecule has 20 heavy (non-hydrogen) atoms. The van der Waals surface area contributed by atoms with Gasteiger partial charge in [0.1, 0.15) is 11.7 Å². The fourth-order valence-electron chi connectivity index (χ4n) is 1.92. The second-order valence-corrected chi connectivity index (χ2v) is 4.95. The van der Waals surface area contributed by atoms with Crippen molar-refractivity contribution in [1.29, 1.82) is 0 Å². The summed E-state index contributed by atoms with van der Waals surface area (Å²) in [6.07, 6.45) is 1.53. The van der Waals surface area contributed by atoms with Gasteiger partial charge in [-0.25, -0.2) is 9.78 Å². The number of nitrogens with one attached hydrogen (secondary N) is 2. The Balaban J connectivity index is 1.86. The Morgan fingerprint density at radius 2 is 2.40 bits per heavy atom. The number of nitrogens with zero attached hydrogens (tertiary/aromatic N) is 3. The molecule has 110 valence electrons. The van der Waals surface area contributed by atoms with Crippen molar-refractivity contribution < 1.29 is 19.4 Å². The number of carboxylic acid groups (broad SMARTS) is 1. The van der Waals surface area contributed by atoms with Crippen LogP contribution in [0.1, 0.15) is 12.7 Å². The SMILES string of the molecule is Cn1cnc(CNC(=O)NC2COCC2(C)C(=O)O)n1. The fraction of sp³-hybridized carbons (Fsp3) is 0.636. The molecule has 2 atom stereocenters. The average molecular weight is 283 g/mol. The van der Waals surface area contributed by atoms with E-state index >= 15 is 0 Å². The number of ether oxygens (including phenoxy) is 1. The first-order valence-corrected chi connectivity index (χ1v) is 6.12. The number of hydrogen-bond donors (Lipinski definition) is 3. The quantitative estimate of drug-likeness (QED) is 0.659. The highest BCUT2D eigenvalue weighted by atomic mass is 16.5. The Bertz CT molecular complexity index is 517. The minimum Gasteiger partial charge on any atom is -0.481 e. The molecule has 1 aliphatic heterocycles. The normalized spacial score (nSPS) is 25.4. The smallest absolute Gasteiger partial charge is 0.315 e. The number of carbonyl (C=O) groups is 2. The van der Waals surface area contributed by atoms with E-state index in [-0.39, 0.29) is 19.8 Å². The van der Waals surface area contributed by atoms with E-state index in [9.17, 15) is 14.7 Å². The van der Waals surface area contributed by atoms with Crippen molar-refractivity contribution >= 4 is 12.0 Å². The molecule has 0 bridgehead atoms. The first kappa shape index (κ1) is 14.3. The molecule has 2 unspecified atom stereocenters. The molecule has 1 aromatic rings. The summed E-state index contributed by atoms with van der Waals surface area (Å²) in [5, 5.41) is 18.4. The molecule has 0 aliphatic carbocycles. The van der Waals surface area contributed by atoms with Crippen LogP contribution in [0.25, 0.3) is 0 Å². The molecule has 9 nitrogen and oxygen atoms in total. The second-order valence-electron chi connectivity index (χ2n) is 4.95. The van der Waals surface area contributed by atoms with Crippen molar-refractivity contribution in [3.8, 4) is 0 Å². The number of aliphatic carboxylic acids is 1. The van der Waals surface area contributed by atoms with Gasteiger partial charge in [-0.15, -0.1) is 0 Å². The Hall–Kier alpha value is -2.16. The molecule has 0 spiro atoms. The second kappa shape index (κ2) is 5.45. The van der Waals surface area contributed by atoms with E-state index in [1.54, 1.807) is 14.0 Å². The van der Waals surface area contributed by atoms with Crippen LogP contribution < -0.4 is 10.6 Å². The van der Waals surface area contributed by atoms with E-state index in [0.717, 1.165) is 0 Å². The van der Waals surface area contributed by atoms with Gasteiger partial charge in [0.15, 0.2) is 5.82 Å². The van der Waals surface area contributed by atoms with Gasteiger partial charge in [-0.3, -0.25) is 9.48 Å². The summed E-state index contributed by atoms with van der Waals surface area (Å²) in [7, 11) is 1.73. The Labute approximate surface area is 115 Å². The molecule has 1 saturated heterocycles. The molecule has 1 fully saturated rings. The number of aryl methyl sites for hydroxylation is 1. The molecule has 3 N–H and O–H groups in total. The third kappa shape index (κ3) is 2.87. The minimum atomic E-state index is -1.11. The summed E-state index contributed by atoms with van der Waals surface area (Å²) >= 11 is 0. The van der Waals surface area contributed by atoms with Gasteiger partial charge in [-0.05, 0) is 6.92 Å². The standard InChI is InChI=1S/C11H17N5O4/c1-11(9(17)18)5-20-4-7(11)14-10(19)12-3-8-13-6-16(2)15-8/h6-7H,3-5H2,1-2H3,(H,17,18)(H2,12,14,19). The predicted octanol–water partition coefficient (Wildman–Crippen LogP) is -0.896. The summed E-state index contributed by atoms with van der Waals surface area (Å²) in [5.41, 5.74) is -1.11. The van der Waals surface area contributed by atoms with E-state index in [1.807, 2.05) is 0 Å². The molecule has 9 heteroatoms. The molecule has 0 aromatic carbocycles. The van der Waals surface area contributed by atoms with Crippen LogP contribution in [0.2, 0.25) is 0 Å². The molecule has 1 aliphatic rings. The van der Waals surface area contributed by atoms with Gasteiger partial charge in [0.05, 0.1) is 25.8 Å². The third-order valence-corrected chi connectivity index (χ3v) is 3.30. The van der Waals surface area contributed by atoms with Crippen molar-refractivity contribution in [2.75, 3.05) is 13.2 Å². The number of rotatable bonds is 4. The lowest BCUT2D eigenvalue weighted by Crippen LogP contribution is -2.52. The van der Waals surface area contributed by atoms with E-state index in [4.69, 9.17) is 4.74 Å². The molecule has 2 rings (SSSR count). The number of carboxylic acids is 1. The van der Waals surface area contributed by atoms with Crippen molar-refractivity contribution in [2.24, 2.45) is 12.5 Å². The van der Waals surface area contributed by atoms with Crippen LogP contribution in [0.15, 0.2) is 6.33 Å². The van der Waals surface area contributed by atoms with Crippen LogP contribution in [-0.2, 0) is 23.1 Å². The number of urea groups is 1. The summed E-state index contributed by atoms with van der Waals surface area (Å²) in [6.45, 7) is 1.98. The summed E-state index contributed by atoms with van der Waals surface area (Å²) in [6, 6.07) is -1.04. The topological polar surface area (TPSA) is 118 Å². The lowest BCUT2D eigenvalue weighted by Gasteiger charge is -2.25. The maximum atomic E-state index is 11.8. The number of carbonyl (C=O) groups excluding carboxylic acids is 1. The van der Waals surface area contributed by atoms with Crippen LogP contribution in [0.5, 0.6) is 0 Å². The number of amides is 2. The third-order valence-electron chi connectivity index (χ3n) is 3.30. The van der Waals surface area contributed by atoms with Gasteiger partial charge >= 0.3 is 12.0 Å². The van der Waals surface area contributed by atoms with Gasteiger partial charge in [0.25, 0.3) is 0 Å². The first-order chi connectivity index (χ1) is 9.41. The average Bonchev–Trinajstić information content (AvgIpc) is 2.95. The minimum absolute atomic E-state index is 0.0784. The summed E-state index contributed by atoms with van der Waals surface area (Å²) < 4.78 is 6.68. The van der Waals surface area contributed by atoms with Crippen LogP contribution in [0.4, 0.5) is 4.79 Å². The van der Waals surface area contributed by atoms with E-state index < -0.39 is 23.5 Å². The maximum Gasteiger partial charge on any atom is 0.315 e. The van der Waals surface area contributed by atoms with E-state index in [1.165, 1.54) is 11.0 Å². The summed E-state index contributed by atoms with van der Waals surface area (Å²) in [5.74, 6) is -0.516. The van der Waals surface area contributed by atoms with Crippen LogP contribution in [-0.4, -0.2) is 51.1 Å². The zero-order chi connectivity index (χ0) is 14.8. The highest BCUT2D eigenvalue weighted by molar-refractivity contribution is 5.79. The van der Waals surface area contributed by atoms with Crippen molar-refractivity contribution in [2.45, 2.75) is 19.5 Å². The monoisotopic (exact) mass is 283 g/mol. The van der Waals surface area contributed by atoms with Crippen molar-refractivity contribution in [3.05, 3.63) is 12.2 Å². The maximum absolute atomic E-state index is 11.8. The lowest BCUT2D eigenvalue weighted by atomic mass is 9.85. The molecule has 0 radical (unpaired) electrons. The fourth-order valence-corrected chi connectivity index (χ4v) is 1.92. The molecule has 1 aromatic heterocycles. The first-order valence-electron chi connectivity index (χ1n) is 6.12. The predicted molar refractivity (Wildman–Crippen MR) is 66.7 cm³/mol. The highest BCUT2D eigenvalue weighted by Crippen LogP contribution is 2.28. The molecule has 2 heterocycles. The van der Waals surface area contributed by atoms with Crippen LogP contribution >= 0.6 is 0 Å². The Morgan fingerprint density at radius 3 is 3.00 bits per heavy atom. The highest BCUT2D eigenvalue weighted by Gasteiger charge is 2.47. The van der Waals surface area contributed by atoms with E-state index in [0.29, 0.717) is 5.82 Å². The zero-order valence-corrected chi connectivity index (χ0v) is 11.3. The van der Waals surface area contributed by atoms with Crippen molar-refractivity contribution in [3.63, 3.8) is 0 Å². The van der Waals surface area contributed by atoms with Gasteiger partial charge in [0.2, 0.25) is 0 Å². The lowest BCUT2D eigenvalue weighted by molar-refractivity contribution is -0.148. The molecule has 2 amide bonds. The number of hydrogen-bond acceptors (Lipinski definition) is 5. The van der Waals surface area contributed by atoms with Crippen LogP contribution in [0.3, 0.4) is 0 Å². The Kier molecular flexibility index (Phi) is 3.89.